The minimum atomic E-state index is 0.268. The number of aliphatic hydroxyl groups excluding tert-OH is 1. The molecule has 3 unspecified atom stereocenters. The molecule has 0 aromatic rings. The molecule has 1 aliphatic rings. The minimum absolute atomic E-state index is 0.268. The number of nitrogens with zero attached hydrogens (tertiary/aromatic N) is 1. The third-order valence-corrected chi connectivity index (χ3v) is 3.74. The predicted octanol–water partition coefficient (Wildman–Crippen LogP) is 1.32. The molecule has 0 amide bonds. The molecule has 0 saturated heterocycles. The molecule has 0 bridgehead atoms. The fraction of sp³-hybridized carbons (Fsp3) is 1.00. The molecule has 0 heterocycles. The average molecular weight is 228 g/mol. The van der Waals surface area contributed by atoms with Crippen molar-refractivity contribution >= 4 is 0 Å². The lowest BCUT2D eigenvalue weighted by molar-refractivity contribution is 0.144. The van der Waals surface area contributed by atoms with Crippen molar-refractivity contribution in [1.82, 2.24) is 10.2 Å². The van der Waals surface area contributed by atoms with Gasteiger partial charge in [0.05, 0.1) is 6.61 Å². The van der Waals surface area contributed by atoms with E-state index in [2.05, 4.69) is 31.1 Å². The number of nitrogens with one attached hydrogen (secondary N) is 1. The molecule has 2 N–H and O–H groups in total. The molecule has 1 rings (SSSR count). The Hall–Kier alpha value is -0.120. The molecule has 3 heteroatoms. The Kier molecular flexibility index (Phi) is 6.32. The molecule has 0 radical (unpaired) electrons. The first-order chi connectivity index (χ1) is 7.67. The maximum Gasteiger partial charge on any atom is 0.0558 e. The molecule has 96 valence electrons. The van der Waals surface area contributed by atoms with Crippen molar-refractivity contribution in [1.29, 1.82) is 0 Å². The number of likely N-dealkylation sites (N-methyl/N-ethyl adjacent to an activating group) is 1. The molecule has 16 heavy (non-hydrogen) atoms. The normalized spacial score (nSPS) is 30.9. The molecule has 0 aliphatic heterocycles. The second-order valence-corrected chi connectivity index (χ2v) is 5.33. The predicted molar refractivity (Wildman–Crippen MR) is 68.6 cm³/mol. The van der Waals surface area contributed by atoms with Crippen molar-refractivity contribution < 1.29 is 5.11 Å². The maximum absolute atomic E-state index is 8.93. The fourth-order valence-electron chi connectivity index (χ4n) is 2.89. The Balaban J connectivity index is 2.43. The smallest absolute Gasteiger partial charge is 0.0558 e. The Bertz CT molecular complexity index is 187. The van der Waals surface area contributed by atoms with Gasteiger partial charge in [-0.15, -0.1) is 0 Å². The zero-order valence-corrected chi connectivity index (χ0v) is 11.1. The van der Waals surface area contributed by atoms with Gasteiger partial charge in [0.2, 0.25) is 0 Å². The molecular formula is C13H28N2O. The van der Waals surface area contributed by atoms with Crippen LogP contribution in [0.1, 0.15) is 33.1 Å². The summed E-state index contributed by atoms with van der Waals surface area (Å²) in [5.41, 5.74) is 0. The van der Waals surface area contributed by atoms with E-state index in [1.807, 2.05) is 0 Å². The standard InChI is InChI=1S/C13H28N2O/c1-4-14-13-6-5-11(2)9-12(13)10-15(3)7-8-16/h11-14,16H,4-10H2,1-3H3. The summed E-state index contributed by atoms with van der Waals surface area (Å²) in [5, 5.41) is 12.5. The second-order valence-electron chi connectivity index (χ2n) is 5.33. The molecule has 3 nitrogen and oxygen atoms in total. The zero-order chi connectivity index (χ0) is 12.0. The van der Waals surface area contributed by atoms with Crippen molar-refractivity contribution in [2.75, 3.05) is 33.3 Å². The molecule has 1 saturated carbocycles. The van der Waals surface area contributed by atoms with Crippen LogP contribution < -0.4 is 5.32 Å². The van der Waals surface area contributed by atoms with E-state index in [0.29, 0.717) is 6.04 Å². The van der Waals surface area contributed by atoms with Crippen molar-refractivity contribution in [3.05, 3.63) is 0 Å². The van der Waals surface area contributed by atoms with E-state index in [1.54, 1.807) is 0 Å². The highest BCUT2D eigenvalue weighted by Gasteiger charge is 2.28. The molecular weight excluding hydrogens is 200 g/mol. The summed E-state index contributed by atoms with van der Waals surface area (Å²) in [6.07, 6.45) is 4.00. The SMILES string of the molecule is CCNC1CCC(C)CC1CN(C)CCO. The lowest BCUT2D eigenvalue weighted by Gasteiger charge is -2.37. The summed E-state index contributed by atoms with van der Waals surface area (Å²) < 4.78 is 0. The Morgan fingerprint density at radius 2 is 2.12 bits per heavy atom. The summed E-state index contributed by atoms with van der Waals surface area (Å²) in [4.78, 5) is 2.26. The van der Waals surface area contributed by atoms with Crippen LogP contribution in [0.4, 0.5) is 0 Å². The lowest BCUT2D eigenvalue weighted by Crippen LogP contribution is -2.45. The largest absolute Gasteiger partial charge is 0.395 e. The average Bonchev–Trinajstić information content (AvgIpc) is 2.22. The molecule has 0 spiro atoms. The van der Waals surface area contributed by atoms with E-state index in [0.717, 1.165) is 31.5 Å². The summed E-state index contributed by atoms with van der Waals surface area (Å²) >= 11 is 0. The van der Waals surface area contributed by atoms with E-state index < -0.39 is 0 Å². The van der Waals surface area contributed by atoms with Crippen molar-refractivity contribution in [3.8, 4) is 0 Å². The van der Waals surface area contributed by atoms with Gasteiger partial charge in [-0.3, -0.25) is 0 Å². The van der Waals surface area contributed by atoms with Crippen LogP contribution in [0.15, 0.2) is 0 Å². The quantitative estimate of drug-likeness (QED) is 0.720. The van der Waals surface area contributed by atoms with Gasteiger partial charge < -0.3 is 15.3 Å². The number of aliphatic hydroxyl groups is 1. The number of rotatable bonds is 6. The van der Waals surface area contributed by atoms with Crippen molar-refractivity contribution in [3.63, 3.8) is 0 Å². The molecule has 3 atom stereocenters. The van der Waals surface area contributed by atoms with Gasteiger partial charge in [-0.25, -0.2) is 0 Å². The first-order valence-corrected chi connectivity index (χ1v) is 6.70. The van der Waals surface area contributed by atoms with Gasteiger partial charge in [0.25, 0.3) is 0 Å². The van der Waals surface area contributed by atoms with E-state index in [9.17, 15) is 0 Å². The second kappa shape index (κ2) is 7.25. The van der Waals surface area contributed by atoms with Gasteiger partial charge in [0.15, 0.2) is 0 Å². The Labute approximate surface area is 100 Å². The highest BCUT2D eigenvalue weighted by molar-refractivity contribution is 4.84. The molecule has 0 aromatic heterocycles. The van der Waals surface area contributed by atoms with Crippen LogP contribution >= 0.6 is 0 Å². The summed E-state index contributed by atoms with van der Waals surface area (Å²) in [6.45, 7) is 7.80. The van der Waals surface area contributed by atoms with Gasteiger partial charge in [-0.05, 0) is 44.7 Å². The van der Waals surface area contributed by atoms with Crippen molar-refractivity contribution in [2.24, 2.45) is 11.8 Å². The van der Waals surface area contributed by atoms with Gasteiger partial charge in [0, 0.05) is 19.1 Å². The van der Waals surface area contributed by atoms with Gasteiger partial charge in [0.1, 0.15) is 0 Å². The lowest BCUT2D eigenvalue weighted by atomic mass is 9.78. The van der Waals surface area contributed by atoms with Crippen LogP contribution in [0.3, 0.4) is 0 Å². The van der Waals surface area contributed by atoms with Crippen LogP contribution in [0.2, 0.25) is 0 Å². The van der Waals surface area contributed by atoms with Crippen molar-refractivity contribution in [2.45, 2.75) is 39.2 Å². The first-order valence-electron chi connectivity index (χ1n) is 6.70. The first kappa shape index (κ1) is 13.9. The zero-order valence-electron chi connectivity index (χ0n) is 11.1. The Morgan fingerprint density at radius 3 is 2.75 bits per heavy atom. The monoisotopic (exact) mass is 228 g/mol. The van der Waals surface area contributed by atoms with Crippen LogP contribution in [-0.4, -0.2) is 49.3 Å². The minimum Gasteiger partial charge on any atom is -0.395 e. The Morgan fingerprint density at radius 1 is 1.38 bits per heavy atom. The topological polar surface area (TPSA) is 35.5 Å². The molecule has 0 aromatic carbocycles. The third-order valence-electron chi connectivity index (χ3n) is 3.74. The third kappa shape index (κ3) is 4.40. The number of hydrogen-bond acceptors (Lipinski definition) is 3. The summed E-state index contributed by atoms with van der Waals surface area (Å²) in [6, 6.07) is 0.683. The van der Waals surface area contributed by atoms with Crippen LogP contribution in [0.5, 0.6) is 0 Å². The van der Waals surface area contributed by atoms with E-state index >= 15 is 0 Å². The molecule has 1 aliphatic carbocycles. The fourth-order valence-corrected chi connectivity index (χ4v) is 2.89. The molecule has 1 fully saturated rings. The van der Waals surface area contributed by atoms with Crippen LogP contribution in [-0.2, 0) is 0 Å². The van der Waals surface area contributed by atoms with Crippen LogP contribution in [0.25, 0.3) is 0 Å². The van der Waals surface area contributed by atoms with Gasteiger partial charge in [-0.1, -0.05) is 13.8 Å². The van der Waals surface area contributed by atoms with E-state index in [1.165, 1.54) is 19.3 Å². The van der Waals surface area contributed by atoms with Crippen LogP contribution in [0, 0.1) is 11.8 Å². The number of hydrogen-bond donors (Lipinski definition) is 2. The highest BCUT2D eigenvalue weighted by atomic mass is 16.3. The highest BCUT2D eigenvalue weighted by Crippen LogP contribution is 2.29. The summed E-state index contributed by atoms with van der Waals surface area (Å²) in [5.74, 6) is 1.61. The maximum atomic E-state index is 8.93. The van der Waals surface area contributed by atoms with Gasteiger partial charge in [-0.2, -0.15) is 0 Å². The van der Waals surface area contributed by atoms with Gasteiger partial charge >= 0.3 is 0 Å². The van der Waals surface area contributed by atoms with E-state index in [4.69, 9.17) is 5.11 Å². The summed E-state index contributed by atoms with van der Waals surface area (Å²) in [7, 11) is 2.11. The van der Waals surface area contributed by atoms with E-state index in [-0.39, 0.29) is 6.61 Å².